The van der Waals surface area contributed by atoms with Crippen molar-refractivity contribution < 1.29 is 4.79 Å². The van der Waals surface area contributed by atoms with Gasteiger partial charge in [0.25, 0.3) is 5.91 Å². The number of nitrogens with one attached hydrogen (secondary N) is 2. The van der Waals surface area contributed by atoms with Crippen molar-refractivity contribution in [2.45, 2.75) is 19.5 Å². The van der Waals surface area contributed by atoms with Crippen LogP contribution in [0.25, 0.3) is 10.9 Å². The summed E-state index contributed by atoms with van der Waals surface area (Å²) in [4.78, 5) is 12.2. The monoisotopic (exact) mass is 269 g/mol. The van der Waals surface area contributed by atoms with Crippen molar-refractivity contribution in [1.82, 2.24) is 25.3 Å². The van der Waals surface area contributed by atoms with Crippen LogP contribution >= 0.6 is 0 Å². The number of nitrogens with zero attached hydrogens (tertiary/aromatic N) is 3. The lowest BCUT2D eigenvalue weighted by Crippen LogP contribution is -2.35. The van der Waals surface area contributed by atoms with Gasteiger partial charge < -0.3 is 5.32 Å². The molecule has 0 fully saturated rings. The molecular weight excluding hydrogens is 254 g/mol. The Balaban J connectivity index is 1.68. The maximum Gasteiger partial charge on any atom is 0.251 e. The summed E-state index contributed by atoms with van der Waals surface area (Å²) in [6.45, 7) is 2.60. The topological polar surface area (TPSA) is 75.6 Å². The van der Waals surface area contributed by atoms with Gasteiger partial charge in [-0.3, -0.25) is 14.6 Å². The van der Waals surface area contributed by atoms with E-state index in [1.54, 1.807) is 29.2 Å². The number of carbonyl (C=O) groups excluding carboxylic acids is 1. The molecule has 20 heavy (non-hydrogen) atoms. The number of amides is 1. The molecule has 102 valence electrons. The largest absolute Gasteiger partial charge is 0.348 e. The van der Waals surface area contributed by atoms with Gasteiger partial charge in [0.1, 0.15) is 0 Å². The van der Waals surface area contributed by atoms with Crippen molar-refractivity contribution in [3.05, 3.63) is 48.4 Å². The molecule has 2 N–H and O–H groups in total. The second-order valence-corrected chi connectivity index (χ2v) is 4.77. The van der Waals surface area contributed by atoms with E-state index in [-0.39, 0.29) is 11.9 Å². The number of fused-ring (bicyclic) bond motifs is 1. The van der Waals surface area contributed by atoms with Gasteiger partial charge in [0, 0.05) is 29.4 Å². The zero-order chi connectivity index (χ0) is 13.9. The van der Waals surface area contributed by atoms with Crippen molar-refractivity contribution >= 4 is 16.8 Å². The smallest absolute Gasteiger partial charge is 0.251 e. The molecule has 1 unspecified atom stereocenters. The van der Waals surface area contributed by atoms with Crippen molar-refractivity contribution in [3.63, 3.8) is 0 Å². The summed E-state index contributed by atoms with van der Waals surface area (Å²) >= 11 is 0. The number of hydrogen-bond acceptors (Lipinski definition) is 3. The molecular formula is C14H15N5O. The van der Waals surface area contributed by atoms with Crippen LogP contribution in [-0.2, 0) is 6.54 Å². The second-order valence-electron chi connectivity index (χ2n) is 4.77. The van der Waals surface area contributed by atoms with Gasteiger partial charge in [-0.15, -0.1) is 0 Å². The summed E-state index contributed by atoms with van der Waals surface area (Å²) in [5, 5.41) is 14.9. The SMILES string of the molecule is CC(Cn1cccn1)NC(=O)c1ccc2cn[nH]c2c1. The third-order valence-corrected chi connectivity index (χ3v) is 3.10. The van der Waals surface area contributed by atoms with Gasteiger partial charge in [-0.2, -0.15) is 10.2 Å². The van der Waals surface area contributed by atoms with Crippen LogP contribution in [0.4, 0.5) is 0 Å². The summed E-state index contributed by atoms with van der Waals surface area (Å²) in [6, 6.07) is 7.35. The minimum Gasteiger partial charge on any atom is -0.348 e. The van der Waals surface area contributed by atoms with Crippen LogP contribution in [0.1, 0.15) is 17.3 Å². The zero-order valence-electron chi connectivity index (χ0n) is 11.1. The Bertz CT molecular complexity index is 716. The van der Waals surface area contributed by atoms with E-state index in [9.17, 15) is 4.79 Å². The fourth-order valence-electron chi connectivity index (χ4n) is 2.12. The summed E-state index contributed by atoms with van der Waals surface area (Å²) in [6.07, 6.45) is 5.33. The maximum absolute atomic E-state index is 12.2. The van der Waals surface area contributed by atoms with E-state index in [4.69, 9.17) is 0 Å². The van der Waals surface area contributed by atoms with Gasteiger partial charge in [0.2, 0.25) is 0 Å². The Kier molecular flexibility index (Phi) is 3.20. The van der Waals surface area contributed by atoms with Gasteiger partial charge in [0.05, 0.1) is 18.3 Å². The van der Waals surface area contributed by atoms with Crippen molar-refractivity contribution in [3.8, 4) is 0 Å². The lowest BCUT2D eigenvalue weighted by Gasteiger charge is -2.14. The van der Waals surface area contributed by atoms with E-state index in [0.29, 0.717) is 12.1 Å². The third kappa shape index (κ3) is 2.54. The van der Waals surface area contributed by atoms with E-state index < -0.39 is 0 Å². The molecule has 0 spiro atoms. The average molecular weight is 269 g/mol. The number of H-pyrrole nitrogens is 1. The third-order valence-electron chi connectivity index (χ3n) is 3.10. The Labute approximate surface area is 115 Å². The first-order valence-corrected chi connectivity index (χ1v) is 6.44. The number of benzene rings is 1. The van der Waals surface area contributed by atoms with Crippen LogP contribution in [0.3, 0.4) is 0 Å². The summed E-state index contributed by atoms with van der Waals surface area (Å²) in [7, 11) is 0. The predicted molar refractivity (Wildman–Crippen MR) is 75.2 cm³/mol. The van der Waals surface area contributed by atoms with Gasteiger partial charge >= 0.3 is 0 Å². The normalized spacial score (nSPS) is 12.4. The molecule has 6 nitrogen and oxygen atoms in total. The highest BCUT2D eigenvalue weighted by Crippen LogP contribution is 2.12. The van der Waals surface area contributed by atoms with E-state index >= 15 is 0 Å². The molecule has 0 saturated carbocycles. The Morgan fingerprint density at radius 3 is 3.20 bits per heavy atom. The van der Waals surface area contributed by atoms with Crippen LogP contribution in [0, 0.1) is 0 Å². The molecule has 1 atom stereocenters. The first-order valence-electron chi connectivity index (χ1n) is 6.44. The van der Waals surface area contributed by atoms with Gasteiger partial charge in [0.15, 0.2) is 0 Å². The van der Waals surface area contributed by atoms with Crippen LogP contribution < -0.4 is 5.32 Å². The molecule has 2 heterocycles. The van der Waals surface area contributed by atoms with Gasteiger partial charge in [-0.25, -0.2) is 0 Å². The number of hydrogen-bond donors (Lipinski definition) is 2. The predicted octanol–water partition coefficient (Wildman–Crippen LogP) is 1.58. The van der Waals surface area contributed by atoms with Crippen molar-refractivity contribution in [2.24, 2.45) is 0 Å². The summed E-state index contributed by atoms with van der Waals surface area (Å²) < 4.78 is 1.79. The first-order chi connectivity index (χ1) is 9.72. The zero-order valence-corrected chi connectivity index (χ0v) is 11.1. The summed E-state index contributed by atoms with van der Waals surface area (Å²) in [5.41, 5.74) is 1.48. The van der Waals surface area contributed by atoms with Crippen LogP contribution in [0.5, 0.6) is 0 Å². The highest BCUT2D eigenvalue weighted by atomic mass is 16.1. The number of aromatic nitrogens is 4. The average Bonchev–Trinajstić information content (AvgIpc) is 3.07. The summed E-state index contributed by atoms with van der Waals surface area (Å²) in [5.74, 6) is -0.0962. The fourth-order valence-corrected chi connectivity index (χ4v) is 2.12. The molecule has 1 aromatic carbocycles. The molecule has 0 aliphatic rings. The lowest BCUT2D eigenvalue weighted by atomic mass is 10.1. The highest BCUT2D eigenvalue weighted by Gasteiger charge is 2.11. The van der Waals surface area contributed by atoms with Crippen LogP contribution in [0.15, 0.2) is 42.9 Å². The molecule has 0 aliphatic carbocycles. The van der Waals surface area contributed by atoms with Crippen molar-refractivity contribution in [2.75, 3.05) is 0 Å². The molecule has 1 amide bonds. The molecule has 3 aromatic rings. The number of rotatable bonds is 4. The lowest BCUT2D eigenvalue weighted by molar-refractivity contribution is 0.0936. The maximum atomic E-state index is 12.2. The number of aromatic amines is 1. The van der Waals surface area contributed by atoms with E-state index in [1.165, 1.54) is 0 Å². The quantitative estimate of drug-likeness (QED) is 0.755. The Morgan fingerprint density at radius 2 is 2.40 bits per heavy atom. The van der Waals surface area contributed by atoms with E-state index in [2.05, 4.69) is 20.6 Å². The molecule has 0 bridgehead atoms. The highest BCUT2D eigenvalue weighted by molar-refractivity contribution is 5.97. The van der Waals surface area contributed by atoms with Crippen LogP contribution in [-0.4, -0.2) is 31.9 Å². The minimum atomic E-state index is -0.0962. The first kappa shape index (κ1) is 12.4. The molecule has 0 aliphatic heterocycles. The minimum absolute atomic E-state index is 0.000126. The standard InChI is InChI=1S/C14H15N5O/c1-10(9-19-6-2-5-16-19)17-14(20)11-3-4-12-8-15-18-13(12)7-11/h2-8,10H,9H2,1H3,(H,15,18)(H,17,20). The van der Waals surface area contributed by atoms with E-state index in [0.717, 1.165) is 10.9 Å². The second kappa shape index (κ2) is 5.16. The van der Waals surface area contributed by atoms with Gasteiger partial charge in [-0.1, -0.05) is 6.07 Å². The molecule has 3 rings (SSSR count). The van der Waals surface area contributed by atoms with Crippen LogP contribution in [0.2, 0.25) is 0 Å². The fraction of sp³-hybridized carbons (Fsp3) is 0.214. The van der Waals surface area contributed by atoms with Gasteiger partial charge in [-0.05, 0) is 25.1 Å². The molecule has 6 heteroatoms. The van der Waals surface area contributed by atoms with Crippen molar-refractivity contribution in [1.29, 1.82) is 0 Å². The molecule has 2 aromatic heterocycles. The molecule has 0 radical (unpaired) electrons. The Hall–Kier alpha value is -2.63. The van der Waals surface area contributed by atoms with E-state index in [1.807, 2.05) is 25.3 Å². The number of carbonyl (C=O) groups is 1. The Morgan fingerprint density at radius 1 is 1.50 bits per heavy atom. The molecule has 0 saturated heterocycles.